The molecule has 0 saturated heterocycles. The minimum atomic E-state index is -5.20. The fraction of sp³-hybridized carbons (Fsp3) is 0.304. The highest BCUT2D eigenvalue weighted by molar-refractivity contribution is 7.99. The van der Waals surface area contributed by atoms with Crippen molar-refractivity contribution < 1.29 is 35.5 Å². The van der Waals surface area contributed by atoms with E-state index in [0.29, 0.717) is 6.07 Å². The predicted octanol–water partition coefficient (Wildman–Crippen LogP) is 8.78. The Morgan fingerprint density at radius 3 is 2.11 bits per heavy atom. The molecule has 0 heterocycles. The lowest BCUT2D eigenvalue weighted by Gasteiger charge is -2.24. The number of rotatable bonds is 8. The van der Waals surface area contributed by atoms with Gasteiger partial charge in [0.05, 0.1) is 38.0 Å². The molecule has 0 radical (unpaired) electrons. The summed E-state index contributed by atoms with van der Waals surface area (Å²) in [5.41, 5.74) is 0.377. The molecule has 2 N–H and O–H groups in total. The van der Waals surface area contributed by atoms with E-state index in [0.717, 1.165) is 30.0 Å². The summed E-state index contributed by atoms with van der Waals surface area (Å²) in [6, 6.07) is 4.78. The lowest BCUT2D eigenvalue weighted by Crippen LogP contribution is -2.23. The fourth-order valence-electron chi connectivity index (χ4n) is 3.59. The van der Waals surface area contributed by atoms with E-state index in [1.54, 1.807) is 6.07 Å². The van der Waals surface area contributed by atoms with Gasteiger partial charge in [0.1, 0.15) is 11.7 Å². The van der Waals surface area contributed by atoms with Crippen LogP contribution in [0, 0.1) is 11.3 Å². The van der Waals surface area contributed by atoms with E-state index in [1.807, 2.05) is 0 Å². The van der Waals surface area contributed by atoms with Crippen molar-refractivity contribution in [3.05, 3.63) is 73.2 Å². The molecule has 0 aliphatic heterocycles. The second-order valence-electron chi connectivity index (χ2n) is 7.72. The van der Waals surface area contributed by atoms with Crippen molar-refractivity contribution in [3.63, 3.8) is 0 Å². The van der Waals surface area contributed by atoms with Gasteiger partial charge in [0.15, 0.2) is 0 Å². The van der Waals surface area contributed by atoms with Gasteiger partial charge >= 0.3 is 12.4 Å². The first-order valence-electron chi connectivity index (χ1n) is 10.1. The number of carbonyl (C=O) groups is 1. The molecule has 2 atom stereocenters. The summed E-state index contributed by atoms with van der Waals surface area (Å²) in [5, 5.41) is 7.79. The molecular weight excluding hydrogens is 592 g/mol. The number of benzene rings is 2. The van der Waals surface area contributed by atoms with Gasteiger partial charge < -0.3 is 5.73 Å². The number of carbonyl (C=O) groups excluding carboxylic acids is 1. The lowest BCUT2D eigenvalue weighted by molar-refractivity contribution is -0.140. The number of amides is 1. The van der Waals surface area contributed by atoms with E-state index in [-0.39, 0.29) is 32.6 Å². The molecule has 2 aromatic carbocycles. The highest BCUT2D eigenvalue weighted by Gasteiger charge is 2.42. The largest absolute Gasteiger partial charge is 0.417 e. The van der Waals surface area contributed by atoms with Crippen LogP contribution >= 0.6 is 46.6 Å². The summed E-state index contributed by atoms with van der Waals surface area (Å²) in [6.07, 6.45) is -10.2. The van der Waals surface area contributed by atoms with Gasteiger partial charge in [-0.25, -0.2) is 4.39 Å². The summed E-state index contributed by atoms with van der Waals surface area (Å²) < 4.78 is 99.6. The molecule has 0 spiro atoms. The van der Waals surface area contributed by atoms with Crippen LogP contribution in [-0.4, -0.2) is 23.6 Å². The Kier molecular flexibility index (Phi) is 10.2. The lowest BCUT2D eigenvalue weighted by atomic mass is 9.86. The van der Waals surface area contributed by atoms with Gasteiger partial charge in [0.25, 0.3) is 0 Å². The zero-order chi connectivity index (χ0) is 28.3. The molecular formula is C23H16Cl3F7N2OS. The molecule has 0 aliphatic carbocycles. The Balaban J connectivity index is 2.84. The maximum atomic E-state index is 15.5. The number of halogens is 10. The first kappa shape index (κ1) is 31.1. The Morgan fingerprint density at radius 2 is 1.65 bits per heavy atom. The zero-order valence-electron chi connectivity index (χ0n) is 18.6. The number of alkyl halides is 6. The monoisotopic (exact) mass is 606 g/mol. The Labute approximate surface area is 226 Å². The number of nitriles is 1. The zero-order valence-corrected chi connectivity index (χ0v) is 21.7. The number of hydrogen-bond donors (Lipinski definition) is 1. The van der Waals surface area contributed by atoms with Crippen LogP contribution < -0.4 is 5.73 Å². The summed E-state index contributed by atoms with van der Waals surface area (Å²) in [6.45, 7) is 1.26. The Bertz CT molecular complexity index is 1230. The predicted molar refractivity (Wildman–Crippen MR) is 131 cm³/mol. The maximum absolute atomic E-state index is 15.5. The summed E-state index contributed by atoms with van der Waals surface area (Å²) in [5.74, 6) is -7.15. The first-order chi connectivity index (χ1) is 17.0. The number of nitrogens with two attached hydrogens (primary N) is 1. The molecule has 2 aromatic rings. The van der Waals surface area contributed by atoms with Crippen molar-refractivity contribution in [2.24, 2.45) is 5.73 Å². The molecule has 0 fully saturated rings. The number of thioether (sulfide) groups is 1. The number of primary amides is 1. The molecule has 0 aromatic heterocycles. The number of hydrogen-bond acceptors (Lipinski definition) is 3. The van der Waals surface area contributed by atoms with Crippen molar-refractivity contribution in [2.45, 2.75) is 31.1 Å². The van der Waals surface area contributed by atoms with Crippen molar-refractivity contribution >= 4 is 58.3 Å². The topological polar surface area (TPSA) is 66.9 Å². The van der Waals surface area contributed by atoms with Crippen molar-refractivity contribution in [1.29, 1.82) is 5.26 Å². The van der Waals surface area contributed by atoms with Crippen LogP contribution in [0.3, 0.4) is 0 Å². The third-order valence-corrected chi connectivity index (χ3v) is 7.38. The molecule has 0 saturated carbocycles. The van der Waals surface area contributed by atoms with Crippen LogP contribution in [0.4, 0.5) is 30.7 Å². The van der Waals surface area contributed by atoms with E-state index in [2.05, 4.69) is 0 Å². The van der Waals surface area contributed by atoms with Gasteiger partial charge in [0.2, 0.25) is 5.91 Å². The van der Waals surface area contributed by atoms with Crippen LogP contribution in [0.2, 0.25) is 15.1 Å². The average molecular weight is 608 g/mol. The first-order valence-corrected chi connectivity index (χ1v) is 12.4. The van der Waals surface area contributed by atoms with Crippen LogP contribution in [0.1, 0.15) is 51.4 Å². The van der Waals surface area contributed by atoms with E-state index in [1.165, 1.54) is 6.92 Å². The SMILES string of the molecule is C[C@@H](CSCC#N)c1c(/C(F)=C/C(c2cc(Cl)c(Cl)c(Cl)c2)C(F)(F)F)ccc(C(N)=O)c1C(F)(F)F. The van der Waals surface area contributed by atoms with Crippen LogP contribution in [-0.2, 0) is 6.18 Å². The van der Waals surface area contributed by atoms with Gasteiger partial charge in [-0.15, -0.1) is 11.8 Å². The van der Waals surface area contributed by atoms with Gasteiger partial charge in [-0.2, -0.15) is 31.6 Å². The third kappa shape index (κ3) is 7.47. The minimum absolute atomic E-state index is 0.0912. The van der Waals surface area contributed by atoms with Gasteiger partial charge in [0, 0.05) is 11.3 Å². The third-order valence-electron chi connectivity index (χ3n) is 5.11. The molecule has 2 rings (SSSR count). The van der Waals surface area contributed by atoms with Gasteiger partial charge in [-0.1, -0.05) is 47.8 Å². The van der Waals surface area contributed by atoms with Crippen LogP contribution in [0.25, 0.3) is 5.83 Å². The molecule has 37 heavy (non-hydrogen) atoms. The number of allylic oxidation sites excluding steroid dienone is 1. The summed E-state index contributed by atoms with van der Waals surface area (Å²) >= 11 is 18.3. The highest BCUT2D eigenvalue weighted by Crippen LogP contribution is 2.45. The van der Waals surface area contributed by atoms with Crippen LogP contribution in [0.5, 0.6) is 0 Å². The van der Waals surface area contributed by atoms with E-state index < -0.39 is 63.7 Å². The second kappa shape index (κ2) is 12.2. The van der Waals surface area contributed by atoms with Crippen molar-refractivity contribution in [3.8, 4) is 6.07 Å². The molecule has 1 unspecified atom stereocenters. The van der Waals surface area contributed by atoms with Crippen molar-refractivity contribution in [1.82, 2.24) is 0 Å². The Morgan fingerprint density at radius 1 is 1.11 bits per heavy atom. The van der Waals surface area contributed by atoms with E-state index in [4.69, 9.17) is 45.8 Å². The maximum Gasteiger partial charge on any atom is 0.417 e. The molecule has 1 amide bonds. The van der Waals surface area contributed by atoms with Crippen LogP contribution in [0.15, 0.2) is 30.3 Å². The molecule has 3 nitrogen and oxygen atoms in total. The highest BCUT2D eigenvalue weighted by atomic mass is 35.5. The molecule has 200 valence electrons. The fourth-order valence-corrected chi connectivity index (χ4v) is 4.93. The van der Waals surface area contributed by atoms with Gasteiger partial charge in [-0.05, 0) is 41.3 Å². The van der Waals surface area contributed by atoms with Crippen molar-refractivity contribution in [2.75, 3.05) is 11.5 Å². The smallest absolute Gasteiger partial charge is 0.366 e. The van der Waals surface area contributed by atoms with Gasteiger partial charge in [-0.3, -0.25) is 4.79 Å². The standard InChI is InChI=1S/C23H16Cl3F7N2OS/c1-10(9-37-5-4-34)18-12(2-3-13(21(35)36)19(18)23(31,32)33)17(27)8-14(22(28,29)30)11-6-15(24)20(26)16(25)7-11/h2-3,6-8,10,14H,5,9H2,1H3,(H2,35,36)/b17-8-/t10-,14?/m0/s1. The summed E-state index contributed by atoms with van der Waals surface area (Å²) in [7, 11) is 0. The normalized spacial score (nSPS) is 14.3. The number of nitrogens with zero attached hydrogens (tertiary/aromatic N) is 1. The molecule has 14 heteroatoms. The average Bonchev–Trinajstić information content (AvgIpc) is 2.78. The van der Waals surface area contributed by atoms with E-state index in [9.17, 15) is 31.1 Å². The van der Waals surface area contributed by atoms with E-state index >= 15 is 4.39 Å². The quantitative estimate of drug-likeness (QED) is 0.185. The Hall–Kier alpha value is -2.13. The molecule has 0 aliphatic rings. The minimum Gasteiger partial charge on any atom is -0.366 e. The second-order valence-corrected chi connectivity index (χ2v) is 9.94. The molecule has 0 bridgehead atoms. The summed E-state index contributed by atoms with van der Waals surface area (Å²) in [4.78, 5) is 11.8.